The summed E-state index contributed by atoms with van der Waals surface area (Å²) in [4.78, 5) is 13.1. The summed E-state index contributed by atoms with van der Waals surface area (Å²) in [5, 5.41) is 4.68. The second-order valence-electron chi connectivity index (χ2n) is 16.7. The molecule has 1 rings (SSSR count). The van der Waals surface area contributed by atoms with E-state index in [4.69, 9.17) is 9.47 Å². The average Bonchev–Trinajstić information content (AvgIpc) is 3.13. The van der Waals surface area contributed by atoms with E-state index in [-0.39, 0.29) is 11.9 Å². The third-order valence-corrected chi connectivity index (χ3v) is 14.9. The van der Waals surface area contributed by atoms with Crippen molar-refractivity contribution in [1.82, 2.24) is 5.32 Å². The van der Waals surface area contributed by atoms with Gasteiger partial charge in [0.2, 0.25) is 0 Å². The van der Waals surface area contributed by atoms with Crippen LogP contribution in [-0.2, 0) is 14.3 Å². The average molecular weight is 756 g/mol. The molecule has 51 heavy (non-hydrogen) atoms. The van der Waals surface area contributed by atoms with Crippen LogP contribution in [0.2, 0.25) is 0 Å². The van der Waals surface area contributed by atoms with E-state index < -0.39 is 0 Å². The van der Waals surface area contributed by atoms with E-state index in [0.717, 1.165) is 67.1 Å². The number of thioether (sulfide) groups is 2. The maximum Gasteiger partial charge on any atom is 0.308 e. The van der Waals surface area contributed by atoms with Crippen LogP contribution >= 0.6 is 23.5 Å². The van der Waals surface area contributed by atoms with Crippen LogP contribution in [-0.4, -0.2) is 61.9 Å². The summed E-state index contributed by atoms with van der Waals surface area (Å²) in [7, 11) is 3.85. The molecule has 0 bridgehead atoms. The van der Waals surface area contributed by atoms with Gasteiger partial charge in [-0.05, 0) is 87.8 Å². The third-order valence-electron chi connectivity index (χ3n) is 12.0. The lowest BCUT2D eigenvalue weighted by Crippen LogP contribution is -2.33. The highest BCUT2D eigenvalue weighted by Gasteiger charge is 2.35. The first-order chi connectivity index (χ1) is 24.8. The van der Waals surface area contributed by atoms with Crippen LogP contribution in [0.25, 0.3) is 0 Å². The van der Waals surface area contributed by atoms with Crippen molar-refractivity contribution in [2.24, 2.45) is 29.6 Å². The highest BCUT2D eigenvalue weighted by atomic mass is 32.2. The predicted octanol–water partition coefficient (Wildman–Crippen LogP) is 13.5. The van der Waals surface area contributed by atoms with Crippen LogP contribution in [0.5, 0.6) is 0 Å². The molecule has 0 aromatic rings. The molecule has 1 N–H and O–H groups in total. The molecule has 1 aliphatic carbocycles. The molecule has 0 aliphatic heterocycles. The lowest BCUT2D eigenvalue weighted by molar-refractivity contribution is -0.150. The molecular weight excluding hydrogens is 667 g/mol. The zero-order valence-corrected chi connectivity index (χ0v) is 36.9. The van der Waals surface area contributed by atoms with E-state index in [2.05, 4.69) is 63.5 Å². The number of hydrogen-bond donors (Lipinski definition) is 1. The zero-order chi connectivity index (χ0) is 37.4. The number of carbonyl (C=O) groups excluding carboxylic acids is 1. The molecule has 0 radical (unpaired) electrons. The van der Waals surface area contributed by atoms with Crippen LogP contribution in [0.15, 0.2) is 0 Å². The molecule has 0 saturated heterocycles. The Balaban J connectivity index is 2.18. The molecule has 1 aliphatic rings. The van der Waals surface area contributed by atoms with E-state index in [9.17, 15) is 4.79 Å². The minimum Gasteiger partial charge on any atom is -0.465 e. The first-order valence-electron chi connectivity index (χ1n) is 22.4. The van der Waals surface area contributed by atoms with Crippen LogP contribution in [0.4, 0.5) is 0 Å². The number of methoxy groups -OCH3 is 1. The Kier molecular flexibility index (Phi) is 33.3. The lowest BCUT2D eigenvalue weighted by Gasteiger charge is -2.36. The van der Waals surface area contributed by atoms with Crippen molar-refractivity contribution in [2.75, 3.05) is 45.4 Å². The number of unbranched alkanes of at least 4 members (excludes halogenated alkanes) is 17. The van der Waals surface area contributed by atoms with Gasteiger partial charge in [-0.15, -0.1) is 0 Å². The largest absolute Gasteiger partial charge is 0.465 e. The Morgan fingerprint density at radius 2 is 1.22 bits per heavy atom. The molecule has 6 heteroatoms. The fourth-order valence-electron chi connectivity index (χ4n) is 7.89. The van der Waals surface area contributed by atoms with E-state index in [1.54, 1.807) is 7.11 Å². The first-order valence-corrected chi connectivity index (χ1v) is 24.5. The van der Waals surface area contributed by atoms with Gasteiger partial charge in [0.05, 0.1) is 12.5 Å². The van der Waals surface area contributed by atoms with Crippen LogP contribution in [0.3, 0.4) is 0 Å². The number of nitrogens with one attached hydrogen (secondary N) is 1. The summed E-state index contributed by atoms with van der Waals surface area (Å²) in [6, 6.07) is 0. The van der Waals surface area contributed by atoms with Gasteiger partial charge in [-0.1, -0.05) is 144 Å². The highest BCUT2D eigenvalue weighted by Crippen LogP contribution is 2.41. The Bertz CT molecular complexity index is 768. The fraction of sp³-hybridized carbons (Fsp3) is 0.978. The fourth-order valence-corrected chi connectivity index (χ4v) is 10.6. The van der Waals surface area contributed by atoms with Gasteiger partial charge in [0.25, 0.3) is 0 Å². The van der Waals surface area contributed by atoms with Gasteiger partial charge in [0.15, 0.2) is 0 Å². The summed E-state index contributed by atoms with van der Waals surface area (Å²) in [6.07, 6.45) is 32.9. The van der Waals surface area contributed by atoms with Crippen molar-refractivity contribution in [2.45, 2.75) is 206 Å². The topological polar surface area (TPSA) is 47.6 Å². The monoisotopic (exact) mass is 756 g/mol. The summed E-state index contributed by atoms with van der Waals surface area (Å²) in [5.74, 6) is 5.65. The van der Waals surface area contributed by atoms with Crippen molar-refractivity contribution >= 4 is 29.5 Å². The Morgan fingerprint density at radius 1 is 0.706 bits per heavy atom. The van der Waals surface area contributed by atoms with Gasteiger partial charge >= 0.3 is 5.97 Å². The number of ether oxygens (including phenoxy) is 2. The number of carbonyl (C=O) groups is 1. The van der Waals surface area contributed by atoms with Gasteiger partial charge in [-0.2, -0.15) is 23.5 Å². The Hall–Kier alpha value is 0.0900. The molecule has 0 aromatic heterocycles. The summed E-state index contributed by atoms with van der Waals surface area (Å²) in [6.45, 7) is 14.6. The minimum atomic E-state index is 0.0914. The van der Waals surface area contributed by atoms with Crippen molar-refractivity contribution < 1.29 is 14.3 Å². The molecule has 0 amide bonds. The summed E-state index contributed by atoms with van der Waals surface area (Å²) < 4.78 is 11.0. The molecule has 1 saturated carbocycles. The number of rotatable bonds is 36. The summed E-state index contributed by atoms with van der Waals surface area (Å²) in [5.41, 5.74) is 0. The van der Waals surface area contributed by atoms with E-state index in [1.165, 1.54) is 147 Å². The van der Waals surface area contributed by atoms with Crippen molar-refractivity contribution in [3.05, 3.63) is 0 Å². The highest BCUT2D eigenvalue weighted by molar-refractivity contribution is 8.00. The Morgan fingerprint density at radius 3 is 1.71 bits per heavy atom. The van der Waals surface area contributed by atoms with Crippen molar-refractivity contribution in [3.8, 4) is 0 Å². The van der Waals surface area contributed by atoms with Gasteiger partial charge in [0, 0.05) is 36.5 Å². The Labute approximate surface area is 328 Å². The van der Waals surface area contributed by atoms with E-state index >= 15 is 0 Å². The first kappa shape index (κ1) is 49.1. The molecule has 6 atom stereocenters. The van der Waals surface area contributed by atoms with Crippen LogP contribution < -0.4 is 5.32 Å². The predicted molar refractivity (Wildman–Crippen MR) is 230 cm³/mol. The van der Waals surface area contributed by atoms with Gasteiger partial charge in [0.1, 0.15) is 0 Å². The molecular formula is C45H89NO3S2. The number of hydrogen-bond acceptors (Lipinski definition) is 6. The van der Waals surface area contributed by atoms with Gasteiger partial charge in [-0.25, -0.2) is 0 Å². The quantitative estimate of drug-likeness (QED) is 0.0508. The van der Waals surface area contributed by atoms with Crippen LogP contribution in [0, 0.1) is 29.6 Å². The van der Waals surface area contributed by atoms with Gasteiger partial charge in [-0.3, -0.25) is 4.79 Å². The van der Waals surface area contributed by atoms with E-state index in [0.29, 0.717) is 11.9 Å². The standard InChI is InChI=1S/C45H89NO3S2/c1-8-50-43(40(5)28-27-39(4)38(2)3)32-31-41-29-30-42(37-44(41)51-36-33-46-6)45(47)49-35-26-24-22-20-18-16-14-12-10-9-11-13-15-17-19-21-23-25-34-48-7/h38-44,46H,8-37H2,1-7H3. The maximum absolute atomic E-state index is 13.1. The van der Waals surface area contributed by atoms with Crippen molar-refractivity contribution in [3.63, 3.8) is 0 Å². The van der Waals surface area contributed by atoms with Gasteiger partial charge < -0.3 is 14.8 Å². The maximum atomic E-state index is 13.1. The van der Waals surface area contributed by atoms with Crippen molar-refractivity contribution in [1.29, 1.82) is 0 Å². The SMILES string of the molecule is CCSC(CCC1CCC(C(=O)OCCCCCCCCCCCCCCCCCCCCOC)CC1SCCNC)C(C)CCC(C)C(C)C. The second-order valence-corrected chi connectivity index (χ2v) is 19.5. The molecule has 6 unspecified atom stereocenters. The molecule has 1 fully saturated rings. The molecule has 0 aromatic carbocycles. The lowest BCUT2D eigenvalue weighted by atomic mass is 9.78. The molecule has 0 heterocycles. The molecule has 0 spiro atoms. The van der Waals surface area contributed by atoms with Crippen LogP contribution in [0.1, 0.15) is 195 Å². The minimum absolute atomic E-state index is 0.0914. The zero-order valence-electron chi connectivity index (χ0n) is 35.3. The molecule has 4 nitrogen and oxygen atoms in total. The second kappa shape index (κ2) is 34.6. The third kappa shape index (κ3) is 26.5. The summed E-state index contributed by atoms with van der Waals surface area (Å²) >= 11 is 4.31. The number of esters is 1. The van der Waals surface area contributed by atoms with E-state index in [1.807, 2.05) is 7.05 Å². The smallest absolute Gasteiger partial charge is 0.308 e. The normalized spacial score (nSPS) is 19.7. The molecule has 304 valence electrons.